The highest BCUT2D eigenvalue weighted by Crippen LogP contribution is 2.48. The molecule has 0 heterocycles. The number of amides is 1. The van der Waals surface area contributed by atoms with Crippen molar-refractivity contribution in [3.63, 3.8) is 0 Å². The molecule has 2 bridgehead atoms. The van der Waals surface area contributed by atoms with E-state index in [-0.39, 0.29) is 17.7 Å². The van der Waals surface area contributed by atoms with Gasteiger partial charge in [-0.1, -0.05) is 30.4 Å². The van der Waals surface area contributed by atoms with E-state index in [0.29, 0.717) is 0 Å². The molecular weight excluding hydrogens is 254 g/mol. The van der Waals surface area contributed by atoms with Crippen molar-refractivity contribution in [1.82, 2.24) is 0 Å². The summed E-state index contributed by atoms with van der Waals surface area (Å²) in [5.74, 6) is -2.03. The summed E-state index contributed by atoms with van der Waals surface area (Å²) in [4.78, 5) is 23.9. The van der Waals surface area contributed by atoms with Crippen LogP contribution in [0.4, 0.5) is 5.69 Å². The van der Waals surface area contributed by atoms with Gasteiger partial charge in [-0.2, -0.15) is 0 Å². The number of nitrogens with one attached hydrogen (secondary N) is 1. The Morgan fingerprint density at radius 2 is 1.80 bits per heavy atom. The van der Waals surface area contributed by atoms with Gasteiger partial charge in [-0.3, -0.25) is 9.59 Å². The van der Waals surface area contributed by atoms with Crippen LogP contribution in [-0.4, -0.2) is 17.0 Å². The molecule has 1 saturated carbocycles. The van der Waals surface area contributed by atoms with E-state index in [1.807, 2.05) is 43.3 Å². The monoisotopic (exact) mass is 271 g/mol. The third-order valence-corrected chi connectivity index (χ3v) is 4.45. The first-order valence-corrected chi connectivity index (χ1v) is 6.85. The van der Waals surface area contributed by atoms with Gasteiger partial charge in [0.1, 0.15) is 0 Å². The van der Waals surface area contributed by atoms with Gasteiger partial charge in [-0.15, -0.1) is 0 Å². The van der Waals surface area contributed by atoms with E-state index >= 15 is 0 Å². The molecule has 0 aliphatic heterocycles. The van der Waals surface area contributed by atoms with Gasteiger partial charge in [0.2, 0.25) is 5.91 Å². The molecule has 1 amide bonds. The quantitative estimate of drug-likeness (QED) is 0.830. The summed E-state index contributed by atoms with van der Waals surface area (Å²) in [6.07, 6.45) is 4.72. The molecule has 0 aromatic heterocycles. The van der Waals surface area contributed by atoms with Gasteiger partial charge in [0.15, 0.2) is 0 Å². The zero-order valence-electron chi connectivity index (χ0n) is 11.2. The summed E-state index contributed by atoms with van der Waals surface area (Å²) in [5, 5.41) is 12.2. The summed E-state index contributed by atoms with van der Waals surface area (Å²) >= 11 is 0. The zero-order chi connectivity index (χ0) is 14.3. The fourth-order valence-electron chi connectivity index (χ4n) is 3.45. The standard InChI is InChI=1S/C16H17NO3/c1-9-4-2-3-5-12(9)17-15(18)13-10-6-7-11(8-10)14(13)16(19)20/h2-7,10-11,13-14H,8H2,1H3,(H,17,18)(H,19,20)/t10-,11+,13+,14+/m1/s1. The van der Waals surface area contributed by atoms with Gasteiger partial charge >= 0.3 is 5.97 Å². The first kappa shape index (κ1) is 12.9. The molecule has 2 aliphatic carbocycles. The number of carbonyl (C=O) groups excluding carboxylic acids is 1. The molecule has 4 heteroatoms. The number of allylic oxidation sites excluding steroid dienone is 2. The van der Waals surface area contributed by atoms with Crippen molar-refractivity contribution < 1.29 is 14.7 Å². The summed E-state index contributed by atoms with van der Waals surface area (Å²) in [7, 11) is 0. The molecule has 104 valence electrons. The van der Waals surface area contributed by atoms with Crippen LogP contribution in [0.25, 0.3) is 0 Å². The lowest BCUT2D eigenvalue weighted by Crippen LogP contribution is -2.36. The van der Waals surface area contributed by atoms with Crippen LogP contribution in [0, 0.1) is 30.6 Å². The SMILES string of the molecule is Cc1ccccc1NC(=O)[C@@H]1[C@@H](C(=O)O)[C@H]2C=C[C@@H]1C2. The van der Waals surface area contributed by atoms with Gasteiger partial charge in [0.05, 0.1) is 11.8 Å². The van der Waals surface area contributed by atoms with E-state index in [1.54, 1.807) is 0 Å². The van der Waals surface area contributed by atoms with Crippen LogP contribution >= 0.6 is 0 Å². The summed E-state index contributed by atoms with van der Waals surface area (Å²) < 4.78 is 0. The first-order valence-electron chi connectivity index (χ1n) is 6.85. The summed E-state index contributed by atoms with van der Waals surface area (Å²) in [6, 6.07) is 7.53. The number of para-hydroxylation sites is 1. The van der Waals surface area contributed by atoms with Gasteiger partial charge < -0.3 is 10.4 Å². The number of benzene rings is 1. The number of carboxylic acid groups (broad SMARTS) is 1. The number of hydrogen-bond donors (Lipinski definition) is 2. The number of rotatable bonds is 3. The first-order chi connectivity index (χ1) is 9.58. The van der Waals surface area contributed by atoms with Gasteiger partial charge in [0, 0.05) is 5.69 Å². The predicted molar refractivity (Wildman–Crippen MR) is 75.2 cm³/mol. The fourth-order valence-corrected chi connectivity index (χ4v) is 3.45. The highest BCUT2D eigenvalue weighted by molar-refractivity contribution is 5.96. The number of hydrogen-bond acceptors (Lipinski definition) is 2. The largest absolute Gasteiger partial charge is 0.481 e. The minimum atomic E-state index is -0.869. The maximum absolute atomic E-state index is 12.5. The van der Waals surface area contributed by atoms with Gasteiger partial charge in [-0.25, -0.2) is 0 Å². The molecule has 2 aliphatic rings. The second-order valence-electron chi connectivity index (χ2n) is 5.64. The van der Waals surface area contributed by atoms with Gasteiger partial charge in [0.25, 0.3) is 0 Å². The van der Waals surface area contributed by atoms with E-state index in [2.05, 4.69) is 5.32 Å². The topological polar surface area (TPSA) is 66.4 Å². The molecule has 3 rings (SSSR count). The number of aryl methyl sites for hydroxylation is 1. The normalized spacial score (nSPS) is 30.4. The van der Waals surface area contributed by atoms with Crippen LogP contribution in [0.1, 0.15) is 12.0 Å². The van der Waals surface area contributed by atoms with Crippen molar-refractivity contribution in [3.05, 3.63) is 42.0 Å². The van der Waals surface area contributed by atoms with Crippen LogP contribution in [0.5, 0.6) is 0 Å². The molecule has 0 spiro atoms. The third kappa shape index (κ3) is 2.01. The van der Waals surface area contributed by atoms with E-state index in [1.165, 1.54) is 0 Å². The zero-order valence-corrected chi connectivity index (χ0v) is 11.2. The molecule has 0 saturated heterocycles. The molecule has 0 radical (unpaired) electrons. The Hall–Kier alpha value is -2.10. The Labute approximate surface area is 117 Å². The van der Waals surface area contributed by atoms with E-state index in [9.17, 15) is 14.7 Å². The maximum atomic E-state index is 12.5. The molecule has 2 N–H and O–H groups in total. The number of anilines is 1. The van der Waals surface area contributed by atoms with Gasteiger partial charge in [-0.05, 0) is 36.8 Å². The lowest BCUT2D eigenvalue weighted by molar-refractivity contribution is -0.146. The molecular formula is C16H17NO3. The minimum absolute atomic E-state index is 0.00474. The number of aliphatic carboxylic acids is 1. The van der Waals surface area contributed by atoms with Crippen molar-refractivity contribution in [2.75, 3.05) is 5.32 Å². The van der Waals surface area contributed by atoms with Crippen LogP contribution < -0.4 is 5.32 Å². The average Bonchev–Trinajstić information content (AvgIpc) is 3.01. The molecule has 1 aromatic carbocycles. The second-order valence-corrected chi connectivity index (χ2v) is 5.64. The number of carbonyl (C=O) groups is 2. The average molecular weight is 271 g/mol. The van der Waals surface area contributed by atoms with Crippen molar-refractivity contribution in [2.45, 2.75) is 13.3 Å². The van der Waals surface area contributed by atoms with Crippen LogP contribution in [0.3, 0.4) is 0 Å². The van der Waals surface area contributed by atoms with Crippen molar-refractivity contribution in [1.29, 1.82) is 0 Å². The molecule has 4 atom stereocenters. The second kappa shape index (κ2) is 4.78. The lowest BCUT2D eigenvalue weighted by atomic mass is 9.82. The van der Waals surface area contributed by atoms with Crippen molar-refractivity contribution in [3.8, 4) is 0 Å². The molecule has 1 fully saturated rings. The van der Waals surface area contributed by atoms with Crippen LogP contribution in [0.2, 0.25) is 0 Å². The third-order valence-electron chi connectivity index (χ3n) is 4.45. The van der Waals surface area contributed by atoms with Crippen molar-refractivity contribution in [2.24, 2.45) is 23.7 Å². The Balaban J connectivity index is 1.82. The summed E-state index contributed by atoms with van der Waals surface area (Å²) in [5.41, 5.74) is 1.74. The lowest BCUT2D eigenvalue weighted by Gasteiger charge is -2.24. The maximum Gasteiger partial charge on any atom is 0.307 e. The fraction of sp³-hybridized carbons (Fsp3) is 0.375. The van der Waals surface area contributed by atoms with Crippen LogP contribution in [-0.2, 0) is 9.59 Å². The molecule has 20 heavy (non-hydrogen) atoms. The summed E-state index contributed by atoms with van der Waals surface area (Å²) in [6.45, 7) is 1.92. The Kier molecular flexibility index (Phi) is 3.08. The minimum Gasteiger partial charge on any atom is -0.481 e. The smallest absolute Gasteiger partial charge is 0.307 e. The highest BCUT2D eigenvalue weighted by Gasteiger charge is 2.51. The van der Waals surface area contributed by atoms with Crippen molar-refractivity contribution >= 4 is 17.6 Å². The number of carboxylic acids is 1. The Bertz CT molecular complexity index is 593. The molecule has 0 unspecified atom stereocenters. The van der Waals surface area contributed by atoms with Crippen LogP contribution in [0.15, 0.2) is 36.4 Å². The molecule has 1 aromatic rings. The number of fused-ring (bicyclic) bond motifs is 2. The highest BCUT2D eigenvalue weighted by atomic mass is 16.4. The van der Waals surface area contributed by atoms with E-state index in [4.69, 9.17) is 0 Å². The van der Waals surface area contributed by atoms with E-state index < -0.39 is 17.8 Å². The molecule has 4 nitrogen and oxygen atoms in total. The van der Waals surface area contributed by atoms with E-state index in [0.717, 1.165) is 17.7 Å². The Morgan fingerprint density at radius 3 is 2.45 bits per heavy atom. The predicted octanol–water partition coefficient (Wildman–Crippen LogP) is 2.46. The Morgan fingerprint density at radius 1 is 1.15 bits per heavy atom.